The smallest absolute Gasteiger partial charge is 0.346 e. The fourth-order valence-corrected chi connectivity index (χ4v) is 4.07. The highest BCUT2D eigenvalue weighted by Crippen LogP contribution is 2.38. The Bertz CT molecular complexity index is 815. The Labute approximate surface area is 121 Å². The first kappa shape index (κ1) is 12.7. The molecule has 0 bridgehead atoms. The monoisotopic (exact) mass is 301 g/mol. The molecule has 3 rings (SSSR count). The van der Waals surface area contributed by atoms with Crippen LogP contribution in [0.3, 0.4) is 0 Å². The quantitative estimate of drug-likeness (QED) is 0.580. The average molecular weight is 301 g/mol. The molecule has 0 radical (unpaired) electrons. The lowest BCUT2D eigenvalue weighted by Crippen LogP contribution is -1.96. The van der Waals surface area contributed by atoms with Gasteiger partial charge in [0.15, 0.2) is 0 Å². The second-order valence-corrected chi connectivity index (χ2v) is 6.14. The molecule has 3 aromatic heterocycles. The van der Waals surface area contributed by atoms with E-state index in [1.54, 1.807) is 23.7 Å². The minimum absolute atomic E-state index is 0.259. The number of nitrogens with zero attached hydrogens (tertiary/aromatic N) is 1. The predicted molar refractivity (Wildman–Crippen MR) is 78.6 cm³/mol. The van der Waals surface area contributed by atoms with E-state index in [0.717, 1.165) is 24.9 Å². The van der Waals surface area contributed by atoms with Crippen molar-refractivity contribution in [2.45, 2.75) is 0 Å². The van der Waals surface area contributed by atoms with Crippen molar-refractivity contribution in [3.05, 3.63) is 41.0 Å². The lowest BCUT2D eigenvalue weighted by Gasteiger charge is -1.89. The Kier molecular flexibility index (Phi) is 3.14. The number of carboxylic acid groups (broad SMARTS) is 1. The molecule has 6 heteroatoms. The number of furan rings is 1. The number of aliphatic carboxylic acids is 1. The number of thiophene rings is 2. The van der Waals surface area contributed by atoms with Crippen molar-refractivity contribution in [1.82, 2.24) is 0 Å². The van der Waals surface area contributed by atoms with Gasteiger partial charge in [0.25, 0.3) is 0 Å². The summed E-state index contributed by atoms with van der Waals surface area (Å²) in [5.41, 5.74) is -0.259. The highest BCUT2D eigenvalue weighted by molar-refractivity contribution is 7.29. The van der Waals surface area contributed by atoms with Crippen LogP contribution in [0, 0.1) is 11.3 Å². The molecule has 0 spiro atoms. The zero-order valence-electron chi connectivity index (χ0n) is 9.99. The van der Waals surface area contributed by atoms with Gasteiger partial charge < -0.3 is 9.52 Å². The molecule has 0 unspecified atom stereocenters. The van der Waals surface area contributed by atoms with Crippen LogP contribution in [-0.4, -0.2) is 11.1 Å². The van der Waals surface area contributed by atoms with Gasteiger partial charge in [0.1, 0.15) is 17.4 Å². The minimum atomic E-state index is -1.21. The van der Waals surface area contributed by atoms with E-state index in [2.05, 4.69) is 0 Å². The molecule has 0 aliphatic rings. The number of fused-ring (bicyclic) bond motifs is 1. The van der Waals surface area contributed by atoms with Crippen molar-refractivity contribution in [2.24, 2.45) is 0 Å². The van der Waals surface area contributed by atoms with Crippen LogP contribution in [0.1, 0.15) is 4.88 Å². The first-order valence-corrected chi connectivity index (χ1v) is 7.23. The summed E-state index contributed by atoms with van der Waals surface area (Å²) in [5, 5.41) is 17.6. The van der Waals surface area contributed by atoms with Gasteiger partial charge in [0.2, 0.25) is 0 Å². The summed E-state index contributed by atoms with van der Waals surface area (Å²) >= 11 is 3.03. The van der Waals surface area contributed by atoms with Crippen LogP contribution >= 0.6 is 22.7 Å². The van der Waals surface area contributed by atoms with Gasteiger partial charge >= 0.3 is 5.97 Å². The Morgan fingerprint density at radius 1 is 1.35 bits per heavy atom. The standard InChI is InChI=1S/C14H7NO3S2/c15-7-8(14(16)17)4-9-5-12-13(19-9)6-11(20-12)10-2-1-3-18-10/h1-6H,(H,16,17)/b8-4-. The predicted octanol–water partition coefficient (Wildman–Crippen LogP) is 4.21. The van der Waals surface area contributed by atoms with E-state index in [-0.39, 0.29) is 5.57 Å². The first-order valence-electron chi connectivity index (χ1n) is 5.60. The average Bonchev–Trinajstić information content (AvgIpc) is 3.09. The highest BCUT2D eigenvalue weighted by Gasteiger charge is 2.11. The fraction of sp³-hybridized carbons (Fsp3) is 0. The highest BCUT2D eigenvalue weighted by atomic mass is 32.1. The van der Waals surface area contributed by atoms with Crippen LogP contribution < -0.4 is 0 Å². The van der Waals surface area contributed by atoms with Gasteiger partial charge in [-0.2, -0.15) is 5.26 Å². The van der Waals surface area contributed by atoms with Crippen LogP contribution in [0.2, 0.25) is 0 Å². The molecule has 20 heavy (non-hydrogen) atoms. The molecule has 98 valence electrons. The molecule has 0 atom stereocenters. The molecule has 0 aromatic carbocycles. The fourth-order valence-electron chi connectivity index (χ4n) is 1.75. The molecular formula is C14H7NO3S2. The zero-order valence-corrected chi connectivity index (χ0v) is 11.6. The SMILES string of the molecule is N#C/C(=C/c1cc2sc(-c3ccco3)cc2s1)C(=O)O. The van der Waals surface area contributed by atoms with Crippen LogP contribution in [0.25, 0.3) is 26.1 Å². The second-order valence-electron chi connectivity index (χ2n) is 3.94. The maximum atomic E-state index is 10.8. The van der Waals surface area contributed by atoms with Gasteiger partial charge in [-0.25, -0.2) is 4.79 Å². The van der Waals surface area contributed by atoms with E-state index in [0.29, 0.717) is 0 Å². The molecule has 4 nitrogen and oxygen atoms in total. The topological polar surface area (TPSA) is 74.2 Å². The summed E-state index contributed by atoms with van der Waals surface area (Å²) in [5.74, 6) is -0.390. The van der Waals surface area contributed by atoms with Crippen LogP contribution in [-0.2, 0) is 4.79 Å². The maximum absolute atomic E-state index is 10.8. The Hall–Kier alpha value is -2.36. The van der Waals surface area contributed by atoms with Crippen molar-refractivity contribution < 1.29 is 14.3 Å². The third-order valence-corrected chi connectivity index (χ3v) is 4.88. The summed E-state index contributed by atoms with van der Waals surface area (Å²) in [6, 6.07) is 9.30. The van der Waals surface area contributed by atoms with Gasteiger partial charge in [-0.1, -0.05) is 0 Å². The Morgan fingerprint density at radius 2 is 2.15 bits per heavy atom. The van der Waals surface area contributed by atoms with E-state index in [9.17, 15) is 4.79 Å². The molecule has 0 saturated carbocycles. The molecule has 3 aromatic rings. The summed E-state index contributed by atoms with van der Waals surface area (Å²) in [6.45, 7) is 0. The molecule has 0 aliphatic carbocycles. The Morgan fingerprint density at radius 3 is 2.75 bits per heavy atom. The molecule has 0 saturated heterocycles. The number of nitriles is 1. The molecule has 1 N–H and O–H groups in total. The molecule has 0 aliphatic heterocycles. The first-order chi connectivity index (χ1) is 9.67. The van der Waals surface area contributed by atoms with Crippen LogP contribution in [0.4, 0.5) is 0 Å². The summed E-state index contributed by atoms with van der Waals surface area (Å²) in [7, 11) is 0. The number of rotatable bonds is 3. The van der Waals surface area contributed by atoms with Gasteiger partial charge in [-0.15, -0.1) is 22.7 Å². The minimum Gasteiger partial charge on any atom is -0.477 e. The van der Waals surface area contributed by atoms with Gasteiger partial charge in [0.05, 0.1) is 11.1 Å². The summed E-state index contributed by atoms with van der Waals surface area (Å²) < 4.78 is 7.45. The number of carboxylic acids is 1. The van der Waals surface area contributed by atoms with E-state index in [4.69, 9.17) is 14.8 Å². The van der Waals surface area contributed by atoms with Crippen molar-refractivity contribution in [3.63, 3.8) is 0 Å². The molecular weight excluding hydrogens is 294 g/mol. The number of hydrogen-bond donors (Lipinski definition) is 1. The lowest BCUT2D eigenvalue weighted by molar-refractivity contribution is -0.132. The third kappa shape index (κ3) is 2.25. The van der Waals surface area contributed by atoms with Crippen molar-refractivity contribution in [1.29, 1.82) is 5.26 Å². The largest absolute Gasteiger partial charge is 0.477 e. The van der Waals surface area contributed by atoms with Gasteiger partial charge in [-0.05, 0) is 30.3 Å². The number of hydrogen-bond acceptors (Lipinski definition) is 5. The molecule has 3 heterocycles. The normalized spacial score (nSPS) is 11.7. The van der Waals surface area contributed by atoms with Gasteiger partial charge in [0, 0.05) is 14.3 Å². The zero-order chi connectivity index (χ0) is 14.1. The van der Waals surface area contributed by atoms with Crippen molar-refractivity contribution in [2.75, 3.05) is 0 Å². The number of carbonyl (C=O) groups is 1. The van der Waals surface area contributed by atoms with Crippen LogP contribution in [0.15, 0.2) is 40.5 Å². The van der Waals surface area contributed by atoms with Crippen molar-refractivity contribution in [3.8, 4) is 16.7 Å². The van der Waals surface area contributed by atoms with Gasteiger partial charge in [-0.3, -0.25) is 0 Å². The molecule has 0 amide bonds. The van der Waals surface area contributed by atoms with E-state index in [1.807, 2.05) is 24.3 Å². The summed E-state index contributed by atoms with van der Waals surface area (Å²) in [6.07, 6.45) is 3.02. The summed E-state index contributed by atoms with van der Waals surface area (Å²) in [4.78, 5) is 12.6. The second kappa shape index (κ2) is 4.96. The Balaban J connectivity index is 2.00. The van der Waals surface area contributed by atoms with Crippen molar-refractivity contribution >= 4 is 44.1 Å². The molecule has 0 fully saturated rings. The third-order valence-electron chi connectivity index (χ3n) is 2.63. The van der Waals surface area contributed by atoms with E-state index < -0.39 is 5.97 Å². The lowest BCUT2D eigenvalue weighted by atomic mass is 10.2. The van der Waals surface area contributed by atoms with Crippen LogP contribution in [0.5, 0.6) is 0 Å². The maximum Gasteiger partial charge on any atom is 0.346 e. The van der Waals surface area contributed by atoms with E-state index >= 15 is 0 Å². The van der Waals surface area contributed by atoms with E-state index in [1.165, 1.54) is 17.4 Å².